The molecule has 6 rings (SSSR count). The quantitative estimate of drug-likeness (QED) is 0.382. The van der Waals surface area contributed by atoms with E-state index >= 15 is 0 Å². The van der Waals surface area contributed by atoms with E-state index in [9.17, 15) is 9.59 Å². The standard InChI is InChI=1S/C26H20N4O6S/c31-23(16-6-8-19-21(11-16)35-13-33-19)27-18(10-15-4-2-1-3-5-15)24(32)28-26-30-29-25(37-26)17-7-9-20-22(12-17)36-14-34-20/h1-9,11-12,18H,10,13-14H2,(H,27,31)(H,28,30,32)/t18-/m1/s1. The molecule has 0 unspecified atom stereocenters. The number of aromatic nitrogens is 2. The second-order valence-corrected chi connectivity index (χ2v) is 9.23. The van der Waals surface area contributed by atoms with Crippen molar-refractivity contribution in [2.45, 2.75) is 12.5 Å². The summed E-state index contributed by atoms with van der Waals surface area (Å²) < 4.78 is 21.5. The molecule has 0 bridgehead atoms. The molecule has 0 saturated carbocycles. The number of nitrogens with zero attached hydrogens (tertiary/aromatic N) is 2. The van der Waals surface area contributed by atoms with Crippen molar-refractivity contribution in [3.8, 4) is 33.6 Å². The summed E-state index contributed by atoms with van der Waals surface area (Å²) in [7, 11) is 0. The number of carbonyl (C=O) groups excluding carboxylic acids is 2. The molecule has 0 saturated heterocycles. The summed E-state index contributed by atoms with van der Waals surface area (Å²) in [5, 5.41) is 14.9. The third kappa shape index (κ3) is 4.89. The van der Waals surface area contributed by atoms with Crippen LogP contribution in [0.3, 0.4) is 0 Å². The first-order valence-electron chi connectivity index (χ1n) is 11.4. The molecule has 2 aliphatic rings. The minimum Gasteiger partial charge on any atom is -0.454 e. The number of carbonyl (C=O) groups is 2. The van der Waals surface area contributed by atoms with E-state index in [-0.39, 0.29) is 20.0 Å². The maximum Gasteiger partial charge on any atom is 0.252 e. The predicted octanol–water partition coefficient (Wildman–Crippen LogP) is 3.64. The molecule has 186 valence electrons. The van der Waals surface area contributed by atoms with E-state index < -0.39 is 17.9 Å². The number of nitrogens with one attached hydrogen (secondary N) is 2. The van der Waals surface area contributed by atoms with E-state index in [1.807, 2.05) is 42.5 Å². The molecule has 2 aliphatic heterocycles. The molecule has 2 amide bonds. The lowest BCUT2D eigenvalue weighted by atomic mass is 10.0. The van der Waals surface area contributed by atoms with Crippen molar-refractivity contribution in [3.05, 3.63) is 77.9 Å². The minimum atomic E-state index is -0.863. The molecule has 0 fully saturated rings. The maximum atomic E-state index is 13.3. The van der Waals surface area contributed by atoms with Gasteiger partial charge in [0.1, 0.15) is 11.0 Å². The van der Waals surface area contributed by atoms with Crippen molar-refractivity contribution in [1.29, 1.82) is 0 Å². The fourth-order valence-corrected chi connectivity index (χ4v) is 4.69. The Bertz CT molecular complexity index is 1480. The van der Waals surface area contributed by atoms with Crippen LogP contribution >= 0.6 is 11.3 Å². The van der Waals surface area contributed by atoms with Gasteiger partial charge in [-0.25, -0.2) is 0 Å². The van der Waals surface area contributed by atoms with Crippen LogP contribution in [0.4, 0.5) is 5.13 Å². The van der Waals surface area contributed by atoms with Crippen LogP contribution in [0.2, 0.25) is 0 Å². The second-order valence-electron chi connectivity index (χ2n) is 8.25. The molecule has 37 heavy (non-hydrogen) atoms. The van der Waals surface area contributed by atoms with Gasteiger partial charge >= 0.3 is 0 Å². The van der Waals surface area contributed by atoms with Gasteiger partial charge in [0, 0.05) is 17.5 Å². The molecule has 3 heterocycles. The van der Waals surface area contributed by atoms with Gasteiger partial charge in [0.15, 0.2) is 23.0 Å². The van der Waals surface area contributed by atoms with Crippen LogP contribution in [0.15, 0.2) is 66.7 Å². The Hall–Kier alpha value is -4.64. The molecule has 10 nitrogen and oxygen atoms in total. The van der Waals surface area contributed by atoms with Gasteiger partial charge in [-0.1, -0.05) is 41.7 Å². The fourth-order valence-electron chi connectivity index (χ4n) is 3.95. The first kappa shape index (κ1) is 22.8. The lowest BCUT2D eigenvalue weighted by Gasteiger charge is -2.18. The highest BCUT2D eigenvalue weighted by Crippen LogP contribution is 2.37. The van der Waals surface area contributed by atoms with Gasteiger partial charge in [-0.3, -0.25) is 14.9 Å². The van der Waals surface area contributed by atoms with E-state index in [2.05, 4.69) is 20.8 Å². The number of fused-ring (bicyclic) bond motifs is 2. The number of anilines is 1. The largest absolute Gasteiger partial charge is 0.454 e. The van der Waals surface area contributed by atoms with E-state index in [0.717, 1.165) is 11.1 Å². The van der Waals surface area contributed by atoms with Crippen molar-refractivity contribution < 1.29 is 28.5 Å². The first-order chi connectivity index (χ1) is 18.1. The summed E-state index contributed by atoms with van der Waals surface area (Å²) in [6.07, 6.45) is 0.288. The first-order valence-corrected chi connectivity index (χ1v) is 12.2. The van der Waals surface area contributed by atoms with Gasteiger partial charge in [0.25, 0.3) is 5.91 Å². The third-order valence-electron chi connectivity index (χ3n) is 5.81. The average Bonchev–Trinajstić information content (AvgIpc) is 3.68. The number of amides is 2. The summed E-state index contributed by atoms with van der Waals surface area (Å²) in [5.74, 6) is 1.54. The number of ether oxygens (including phenoxy) is 4. The van der Waals surface area contributed by atoms with Gasteiger partial charge < -0.3 is 24.3 Å². The molecular weight excluding hydrogens is 496 g/mol. The minimum absolute atomic E-state index is 0.107. The highest BCUT2D eigenvalue weighted by atomic mass is 32.1. The molecule has 0 radical (unpaired) electrons. The van der Waals surface area contributed by atoms with Crippen LogP contribution in [0.5, 0.6) is 23.0 Å². The molecule has 1 aromatic heterocycles. The van der Waals surface area contributed by atoms with Crippen LogP contribution in [0, 0.1) is 0 Å². The number of rotatable bonds is 7. The van der Waals surface area contributed by atoms with Crippen LogP contribution in [-0.4, -0.2) is 41.6 Å². The van der Waals surface area contributed by atoms with Crippen molar-refractivity contribution in [3.63, 3.8) is 0 Å². The normalized spacial score (nSPS) is 13.7. The van der Waals surface area contributed by atoms with Gasteiger partial charge in [-0.15, -0.1) is 10.2 Å². The zero-order valence-corrected chi connectivity index (χ0v) is 20.1. The van der Waals surface area contributed by atoms with Crippen LogP contribution in [0.25, 0.3) is 10.6 Å². The Morgan fingerprint density at radius 3 is 2.32 bits per heavy atom. The Balaban J connectivity index is 1.19. The number of hydrogen-bond acceptors (Lipinski definition) is 9. The van der Waals surface area contributed by atoms with Gasteiger partial charge in [-0.2, -0.15) is 0 Å². The topological polar surface area (TPSA) is 121 Å². The van der Waals surface area contributed by atoms with Gasteiger partial charge in [0.2, 0.25) is 24.6 Å². The molecule has 4 aromatic rings. The molecule has 0 aliphatic carbocycles. The smallest absolute Gasteiger partial charge is 0.252 e. The molecule has 1 atom stereocenters. The monoisotopic (exact) mass is 516 g/mol. The molecule has 0 spiro atoms. The highest BCUT2D eigenvalue weighted by molar-refractivity contribution is 7.18. The molecule has 2 N–H and O–H groups in total. The lowest BCUT2D eigenvalue weighted by molar-refractivity contribution is -0.118. The maximum absolute atomic E-state index is 13.3. The van der Waals surface area contributed by atoms with E-state index in [0.29, 0.717) is 38.7 Å². The zero-order valence-electron chi connectivity index (χ0n) is 19.3. The Labute approximate surface area is 215 Å². The Kier molecular flexibility index (Phi) is 6.03. The molecule has 11 heteroatoms. The SMILES string of the molecule is O=C(N[C@H](Cc1ccccc1)C(=O)Nc1nnc(-c2ccc3c(c2)OCO3)s1)c1ccc2c(c1)OCO2. The molecular formula is C26H20N4O6S. The Morgan fingerprint density at radius 1 is 0.838 bits per heavy atom. The second kappa shape index (κ2) is 9.78. The van der Waals surface area contributed by atoms with E-state index in [4.69, 9.17) is 18.9 Å². The van der Waals surface area contributed by atoms with Gasteiger partial charge in [0.05, 0.1) is 0 Å². The summed E-state index contributed by atoms with van der Waals surface area (Å²) in [5.41, 5.74) is 2.04. The summed E-state index contributed by atoms with van der Waals surface area (Å²) >= 11 is 1.22. The summed E-state index contributed by atoms with van der Waals surface area (Å²) in [6.45, 7) is 0.284. The number of benzene rings is 3. The molecule has 3 aromatic carbocycles. The van der Waals surface area contributed by atoms with Crippen molar-refractivity contribution in [1.82, 2.24) is 15.5 Å². The van der Waals surface area contributed by atoms with Crippen LogP contribution < -0.4 is 29.6 Å². The van der Waals surface area contributed by atoms with Crippen LogP contribution in [0.1, 0.15) is 15.9 Å². The van der Waals surface area contributed by atoms with Crippen molar-refractivity contribution in [2.75, 3.05) is 18.9 Å². The van der Waals surface area contributed by atoms with Crippen LogP contribution in [-0.2, 0) is 11.2 Å². The average molecular weight is 517 g/mol. The zero-order chi connectivity index (χ0) is 25.2. The van der Waals surface area contributed by atoms with E-state index in [1.165, 1.54) is 11.3 Å². The van der Waals surface area contributed by atoms with Crippen molar-refractivity contribution >= 4 is 28.3 Å². The summed E-state index contributed by atoms with van der Waals surface area (Å²) in [6, 6.07) is 19.0. The van der Waals surface area contributed by atoms with E-state index in [1.54, 1.807) is 24.3 Å². The van der Waals surface area contributed by atoms with Crippen molar-refractivity contribution in [2.24, 2.45) is 0 Å². The lowest BCUT2D eigenvalue weighted by Crippen LogP contribution is -2.45. The number of hydrogen-bond donors (Lipinski definition) is 2. The Morgan fingerprint density at radius 2 is 1.54 bits per heavy atom. The third-order valence-corrected chi connectivity index (χ3v) is 6.70. The fraction of sp³-hybridized carbons (Fsp3) is 0.154. The summed E-state index contributed by atoms with van der Waals surface area (Å²) in [4.78, 5) is 26.4. The highest BCUT2D eigenvalue weighted by Gasteiger charge is 2.25. The predicted molar refractivity (Wildman–Crippen MR) is 134 cm³/mol. The van der Waals surface area contributed by atoms with Gasteiger partial charge in [-0.05, 0) is 42.0 Å².